The molecule has 0 aromatic rings. The molecule has 0 aromatic carbocycles. The summed E-state index contributed by atoms with van der Waals surface area (Å²) in [5.74, 6) is 4.85. The van der Waals surface area contributed by atoms with Crippen molar-refractivity contribution in [1.82, 2.24) is 0 Å². The highest BCUT2D eigenvalue weighted by Crippen LogP contribution is 2.67. The van der Waals surface area contributed by atoms with E-state index in [4.69, 9.17) is 4.74 Å². The van der Waals surface area contributed by atoms with Gasteiger partial charge >= 0.3 is 5.97 Å². The standard InChI is InChI=1S/C29H46O3/c1-19(18-32-21(3)30)7-6-8-20(2)25-11-12-26-24-10-9-22-17-23(31)13-15-28(22,4)27(24)14-16-29(25,26)5/h17,19-20,24-27H,6-16,18H2,1-5H3/t19-,20-,24+,25-,26+,27+,28+,29-/m1/s1. The molecule has 3 fully saturated rings. The van der Waals surface area contributed by atoms with Crippen molar-refractivity contribution >= 4 is 11.8 Å². The molecule has 0 aliphatic heterocycles. The second kappa shape index (κ2) is 9.26. The van der Waals surface area contributed by atoms with Crippen molar-refractivity contribution in [1.29, 1.82) is 0 Å². The highest BCUT2D eigenvalue weighted by Gasteiger charge is 2.59. The van der Waals surface area contributed by atoms with Gasteiger partial charge in [-0.1, -0.05) is 46.1 Å². The Morgan fingerprint density at radius 3 is 2.59 bits per heavy atom. The van der Waals surface area contributed by atoms with Crippen LogP contribution in [0.25, 0.3) is 0 Å². The Morgan fingerprint density at radius 2 is 1.84 bits per heavy atom. The number of hydrogen-bond donors (Lipinski definition) is 0. The molecule has 0 saturated heterocycles. The molecule has 8 atom stereocenters. The largest absolute Gasteiger partial charge is 0.466 e. The number of allylic oxidation sites excluding steroid dienone is 1. The Bertz CT molecular complexity index is 754. The molecule has 3 heteroatoms. The van der Waals surface area contributed by atoms with Crippen molar-refractivity contribution in [2.24, 2.45) is 46.3 Å². The third-order valence-electron chi connectivity index (χ3n) is 10.6. The molecule has 32 heavy (non-hydrogen) atoms. The van der Waals surface area contributed by atoms with Crippen LogP contribution >= 0.6 is 0 Å². The minimum atomic E-state index is -0.162. The van der Waals surface area contributed by atoms with E-state index in [9.17, 15) is 9.59 Å². The smallest absolute Gasteiger partial charge is 0.302 e. The van der Waals surface area contributed by atoms with Crippen LogP contribution in [-0.2, 0) is 14.3 Å². The summed E-state index contributed by atoms with van der Waals surface area (Å²) in [5.41, 5.74) is 2.29. The van der Waals surface area contributed by atoms with E-state index in [1.54, 1.807) is 0 Å². The van der Waals surface area contributed by atoms with E-state index in [2.05, 4.69) is 27.7 Å². The minimum Gasteiger partial charge on any atom is -0.466 e. The van der Waals surface area contributed by atoms with Crippen LogP contribution in [0.15, 0.2) is 11.6 Å². The number of carbonyl (C=O) groups is 2. The quantitative estimate of drug-likeness (QED) is 0.394. The fourth-order valence-electron chi connectivity index (χ4n) is 8.87. The van der Waals surface area contributed by atoms with Crippen molar-refractivity contribution in [2.75, 3.05) is 6.61 Å². The molecule has 180 valence electrons. The van der Waals surface area contributed by atoms with Crippen LogP contribution in [0.2, 0.25) is 0 Å². The number of ether oxygens (including phenoxy) is 1. The molecule has 4 aliphatic rings. The highest BCUT2D eigenvalue weighted by molar-refractivity contribution is 5.91. The van der Waals surface area contributed by atoms with Crippen LogP contribution in [0.5, 0.6) is 0 Å². The fraction of sp³-hybridized carbons (Fsp3) is 0.862. The zero-order chi connectivity index (χ0) is 23.1. The predicted octanol–water partition coefficient (Wildman–Crippen LogP) is 7.14. The summed E-state index contributed by atoms with van der Waals surface area (Å²) < 4.78 is 5.19. The SMILES string of the molecule is CC(=O)OC[C@H](C)CCC[C@@H](C)[C@H]1CC[C@H]2[C@@H]3CCC4=CC(=O)CC[C@]4(C)[C@H]3CC[C@]12C. The first-order valence-corrected chi connectivity index (χ1v) is 13.5. The van der Waals surface area contributed by atoms with E-state index in [0.717, 1.165) is 55.3 Å². The Labute approximate surface area is 196 Å². The van der Waals surface area contributed by atoms with Crippen molar-refractivity contribution in [3.8, 4) is 0 Å². The number of rotatable bonds is 7. The lowest BCUT2D eigenvalue weighted by molar-refractivity contribution is -0.142. The van der Waals surface area contributed by atoms with Crippen LogP contribution in [0, 0.1) is 46.3 Å². The molecule has 4 aliphatic carbocycles. The lowest BCUT2D eigenvalue weighted by atomic mass is 9.46. The average Bonchev–Trinajstić information content (AvgIpc) is 3.10. The van der Waals surface area contributed by atoms with Crippen molar-refractivity contribution < 1.29 is 14.3 Å². The van der Waals surface area contributed by atoms with Crippen molar-refractivity contribution in [3.63, 3.8) is 0 Å². The third-order valence-corrected chi connectivity index (χ3v) is 10.6. The van der Waals surface area contributed by atoms with Gasteiger partial charge < -0.3 is 4.74 Å². The molecule has 3 nitrogen and oxygen atoms in total. The van der Waals surface area contributed by atoms with Gasteiger partial charge in [-0.15, -0.1) is 0 Å². The van der Waals surface area contributed by atoms with Gasteiger partial charge in [0.05, 0.1) is 6.61 Å². The predicted molar refractivity (Wildman–Crippen MR) is 129 cm³/mol. The van der Waals surface area contributed by atoms with Crippen LogP contribution < -0.4 is 0 Å². The van der Waals surface area contributed by atoms with Crippen molar-refractivity contribution in [3.05, 3.63) is 11.6 Å². The molecule has 0 aromatic heterocycles. The van der Waals surface area contributed by atoms with Crippen LogP contribution in [0.4, 0.5) is 0 Å². The van der Waals surface area contributed by atoms with Gasteiger partial charge in [-0.2, -0.15) is 0 Å². The van der Waals surface area contributed by atoms with Gasteiger partial charge in [0.2, 0.25) is 0 Å². The lowest BCUT2D eigenvalue weighted by Crippen LogP contribution is -2.50. The summed E-state index contributed by atoms with van der Waals surface area (Å²) in [6.45, 7) is 11.9. The first kappa shape index (κ1) is 24.0. The maximum atomic E-state index is 12.1. The molecule has 0 radical (unpaired) electrons. The summed E-state index contributed by atoms with van der Waals surface area (Å²) in [6, 6.07) is 0. The summed E-state index contributed by atoms with van der Waals surface area (Å²) in [5, 5.41) is 0. The number of esters is 1. The number of hydrogen-bond acceptors (Lipinski definition) is 3. The molecular formula is C29H46O3. The van der Waals surface area contributed by atoms with Gasteiger partial charge in [0.25, 0.3) is 0 Å². The zero-order valence-corrected chi connectivity index (χ0v) is 21.3. The fourth-order valence-corrected chi connectivity index (χ4v) is 8.87. The first-order valence-electron chi connectivity index (χ1n) is 13.5. The Kier molecular flexibility index (Phi) is 6.95. The second-order valence-electron chi connectivity index (χ2n) is 12.5. The van der Waals surface area contributed by atoms with Gasteiger partial charge in [0, 0.05) is 13.3 Å². The molecule has 4 rings (SSSR count). The highest BCUT2D eigenvalue weighted by atomic mass is 16.5. The van der Waals surface area contributed by atoms with E-state index in [0.29, 0.717) is 29.1 Å². The van der Waals surface area contributed by atoms with E-state index in [-0.39, 0.29) is 5.97 Å². The normalized spacial score (nSPS) is 40.5. The van der Waals surface area contributed by atoms with Crippen LogP contribution in [0.3, 0.4) is 0 Å². The minimum absolute atomic E-state index is 0.162. The van der Waals surface area contributed by atoms with Gasteiger partial charge in [-0.05, 0) is 104 Å². The number of ketones is 1. The maximum Gasteiger partial charge on any atom is 0.302 e. The second-order valence-corrected chi connectivity index (χ2v) is 12.5. The van der Waals surface area contributed by atoms with Crippen LogP contribution in [-0.4, -0.2) is 18.4 Å². The van der Waals surface area contributed by atoms with Gasteiger partial charge in [0.15, 0.2) is 5.78 Å². The van der Waals surface area contributed by atoms with Gasteiger partial charge in [-0.25, -0.2) is 0 Å². The molecule has 0 bridgehead atoms. The zero-order valence-electron chi connectivity index (χ0n) is 21.3. The Balaban J connectivity index is 1.37. The van der Waals surface area contributed by atoms with Crippen LogP contribution in [0.1, 0.15) is 105 Å². The average molecular weight is 443 g/mol. The third kappa shape index (κ3) is 4.34. The number of fused-ring (bicyclic) bond motifs is 5. The van der Waals surface area contributed by atoms with E-state index in [1.165, 1.54) is 57.4 Å². The Morgan fingerprint density at radius 1 is 1.06 bits per heavy atom. The van der Waals surface area contributed by atoms with Gasteiger partial charge in [0.1, 0.15) is 0 Å². The maximum absolute atomic E-state index is 12.1. The van der Waals surface area contributed by atoms with E-state index < -0.39 is 0 Å². The first-order chi connectivity index (χ1) is 15.1. The Hall–Kier alpha value is -1.12. The summed E-state index contributed by atoms with van der Waals surface area (Å²) in [4.78, 5) is 23.1. The number of carbonyl (C=O) groups excluding carboxylic acids is 2. The lowest BCUT2D eigenvalue weighted by Gasteiger charge is -2.58. The summed E-state index contributed by atoms with van der Waals surface area (Å²) in [7, 11) is 0. The molecule has 0 amide bonds. The molecule has 0 spiro atoms. The van der Waals surface area contributed by atoms with E-state index in [1.807, 2.05) is 6.08 Å². The molecule has 0 unspecified atom stereocenters. The van der Waals surface area contributed by atoms with Gasteiger partial charge in [-0.3, -0.25) is 9.59 Å². The monoisotopic (exact) mass is 442 g/mol. The molecular weight excluding hydrogens is 396 g/mol. The summed E-state index contributed by atoms with van der Waals surface area (Å²) in [6.07, 6.45) is 15.6. The molecule has 0 heterocycles. The topological polar surface area (TPSA) is 43.4 Å². The van der Waals surface area contributed by atoms with E-state index >= 15 is 0 Å². The molecule has 3 saturated carbocycles. The van der Waals surface area contributed by atoms with Crippen molar-refractivity contribution in [2.45, 2.75) is 105 Å². The molecule has 0 N–H and O–H groups in total. The summed E-state index contributed by atoms with van der Waals surface area (Å²) >= 11 is 0.